The monoisotopic (exact) mass is 282 g/mol. The molecule has 1 N–H and O–H groups in total. The second-order valence-electron chi connectivity index (χ2n) is 6.71. The molecule has 5 nitrogen and oxygen atoms in total. The van der Waals surface area contributed by atoms with Crippen molar-refractivity contribution in [1.82, 2.24) is 9.80 Å². The number of piperidine rings is 1. The zero-order chi connectivity index (χ0) is 15.6. The smallest absolute Gasteiger partial charge is 0.320 e. The molecule has 0 aliphatic carbocycles. The first-order valence-electron chi connectivity index (χ1n) is 7.02. The van der Waals surface area contributed by atoms with Crippen LogP contribution in [0.25, 0.3) is 0 Å². The molecule has 1 heterocycles. The van der Waals surface area contributed by atoms with Crippen molar-refractivity contribution in [1.29, 1.82) is 0 Å². The molecule has 2 amide bonds. The van der Waals surface area contributed by atoms with Crippen molar-refractivity contribution in [3.05, 3.63) is 12.7 Å². The van der Waals surface area contributed by atoms with Crippen molar-refractivity contribution in [2.75, 3.05) is 19.6 Å². The summed E-state index contributed by atoms with van der Waals surface area (Å²) in [5, 5.41) is 9.22. The fraction of sp³-hybridized carbons (Fsp3) is 0.733. The highest BCUT2D eigenvalue weighted by Gasteiger charge is 2.39. The van der Waals surface area contributed by atoms with Gasteiger partial charge in [0.05, 0.1) is 5.41 Å². The van der Waals surface area contributed by atoms with E-state index in [1.54, 1.807) is 22.8 Å². The van der Waals surface area contributed by atoms with Crippen LogP contribution in [-0.4, -0.2) is 52.1 Å². The van der Waals surface area contributed by atoms with E-state index in [-0.39, 0.29) is 11.6 Å². The lowest BCUT2D eigenvalue weighted by Gasteiger charge is -2.42. The van der Waals surface area contributed by atoms with Gasteiger partial charge in [-0.3, -0.25) is 4.79 Å². The van der Waals surface area contributed by atoms with Gasteiger partial charge in [-0.05, 0) is 40.5 Å². The fourth-order valence-electron chi connectivity index (χ4n) is 2.34. The van der Waals surface area contributed by atoms with Gasteiger partial charge < -0.3 is 14.9 Å². The molecule has 1 aliphatic rings. The quantitative estimate of drug-likeness (QED) is 0.809. The number of likely N-dealkylation sites (tertiary alicyclic amines) is 1. The Morgan fingerprint density at radius 1 is 1.35 bits per heavy atom. The number of carboxylic acid groups (broad SMARTS) is 1. The van der Waals surface area contributed by atoms with Gasteiger partial charge in [-0.25, -0.2) is 4.79 Å². The highest BCUT2D eigenvalue weighted by atomic mass is 16.4. The van der Waals surface area contributed by atoms with Crippen LogP contribution < -0.4 is 0 Å². The summed E-state index contributed by atoms with van der Waals surface area (Å²) in [5.41, 5.74) is -0.986. The average Bonchev–Trinajstić information content (AvgIpc) is 2.34. The normalized spacial score (nSPS) is 18.5. The van der Waals surface area contributed by atoms with Crippen LogP contribution in [0.4, 0.5) is 4.79 Å². The topological polar surface area (TPSA) is 60.9 Å². The average molecular weight is 282 g/mol. The zero-order valence-corrected chi connectivity index (χ0v) is 13.0. The number of urea groups is 1. The predicted octanol–water partition coefficient (Wildman–Crippen LogP) is 2.58. The lowest BCUT2D eigenvalue weighted by Crippen LogP contribution is -2.55. The minimum absolute atomic E-state index is 0.0372. The Bertz CT molecular complexity index is 390. The Labute approximate surface area is 121 Å². The van der Waals surface area contributed by atoms with Crippen molar-refractivity contribution < 1.29 is 14.7 Å². The molecule has 20 heavy (non-hydrogen) atoms. The molecule has 0 radical (unpaired) electrons. The highest BCUT2D eigenvalue weighted by Crippen LogP contribution is 2.32. The van der Waals surface area contributed by atoms with Crippen LogP contribution in [0.15, 0.2) is 12.7 Å². The van der Waals surface area contributed by atoms with Crippen molar-refractivity contribution in [3.63, 3.8) is 0 Å². The highest BCUT2D eigenvalue weighted by molar-refractivity contribution is 5.77. The van der Waals surface area contributed by atoms with Gasteiger partial charge in [-0.15, -0.1) is 6.58 Å². The van der Waals surface area contributed by atoms with E-state index >= 15 is 0 Å². The maximum atomic E-state index is 12.6. The van der Waals surface area contributed by atoms with E-state index in [9.17, 15) is 14.7 Å². The predicted molar refractivity (Wildman–Crippen MR) is 78.6 cm³/mol. The second kappa shape index (κ2) is 5.85. The molecule has 1 aliphatic heterocycles. The third-order valence-corrected chi connectivity index (χ3v) is 4.01. The Kier molecular flexibility index (Phi) is 4.84. The molecule has 0 aromatic carbocycles. The molecule has 0 atom stereocenters. The molecule has 0 unspecified atom stereocenters. The van der Waals surface area contributed by atoms with E-state index in [1.807, 2.05) is 20.8 Å². The number of aliphatic carboxylic acids is 1. The number of carboxylic acids is 1. The summed E-state index contributed by atoms with van der Waals surface area (Å²) in [6, 6.07) is -0.0372. The summed E-state index contributed by atoms with van der Waals surface area (Å²) in [5.74, 6) is -0.775. The van der Waals surface area contributed by atoms with Gasteiger partial charge in [0.15, 0.2) is 0 Å². The number of carbonyl (C=O) groups excluding carboxylic acids is 1. The first kappa shape index (κ1) is 16.5. The van der Waals surface area contributed by atoms with Crippen molar-refractivity contribution in [2.24, 2.45) is 5.41 Å². The summed E-state index contributed by atoms with van der Waals surface area (Å²) >= 11 is 0. The van der Waals surface area contributed by atoms with Gasteiger partial charge in [0, 0.05) is 25.2 Å². The molecule has 0 spiro atoms. The van der Waals surface area contributed by atoms with E-state index < -0.39 is 11.4 Å². The van der Waals surface area contributed by atoms with E-state index in [1.165, 1.54) is 0 Å². The minimum atomic E-state index is -0.775. The summed E-state index contributed by atoms with van der Waals surface area (Å²) in [6.45, 7) is 12.9. The van der Waals surface area contributed by atoms with Crippen molar-refractivity contribution >= 4 is 12.0 Å². The van der Waals surface area contributed by atoms with Crippen LogP contribution in [0.3, 0.4) is 0 Å². The molecular formula is C15H26N2O3. The van der Waals surface area contributed by atoms with E-state index in [0.717, 1.165) is 0 Å². The fourth-order valence-corrected chi connectivity index (χ4v) is 2.34. The Morgan fingerprint density at radius 3 is 2.20 bits per heavy atom. The molecular weight excluding hydrogens is 256 g/mol. The zero-order valence-electron chi connectivity index (χ0n) is 13.0. The number of amides is 2. The SMILES string of the molecule is C=CCN(C(=O)N1CCC(C)(C(=O)O)CC1)C(C)(C)C. The van der Waals surface area contributed by atoms with Gasteiger partial charge in [0.2, 0.25) is 0 Å². The molecule has 0 aromatic rings. The molecule has 114 valence electrons. The first-order chi connectivity index (χ1) is 9.12. The van der Waals surface area contributed by atoms with Crippen LogP contribution in [0.1, 0.15) is 40.5 Å². The standard InChI is InChI=1S/C15H26N2O3/c1-6-9-17(14(2,3)4)13(20)16-10-7-15(5,8-11-16)12(18)19/h6H,1,7-11H2,2-5H3,(H,18,19). The molecule has 1 rings (SSSR count). The third kappa shape index (κ3) is 3.52. The van der Waals surface area contributed by atoms with Gasteiger partial charge in [0.1, 0.15) is 0 Å². The largest absolute Gasteiger partial charge is 0.481 e. The Morgan fingerprint density at radius 2 is 1.85 bits per heavy atom. The first-order valence-corrected chi connectivity index (χ1v) is 7.02. The molecule has 1 fully saturated rings. The number of hydrogen-bond acceptors (Lipinski definition) is 2. The molecule has 1 saturated heterocycles. The Hall–Kier alpha value is -1.52. The van der Waals surface area contributed by atoms with Crippen LogP contribution in [0, 0.1) is 5.41 Å². The second-order valence-corrected chi connectivity index (χ2v) is 6.71. The number of hydrogen-bond donors (Lipinski definition) is 1. The number of nitrogens with zero attached hydrogens (tertiary/aromatic N) is 2. The van der Waals surface area contributed by atoms with Gasteiger partial charge in [-0.1, -0.05) is 6.08 Å². The van der Waals surface area contributed by atoms with E-state index in [4.69, 9.17) is 0 Å². The summed E-state index contributed by atoms with van der Waals surface area (Å²) in [4.78, 5) is 27.3. The number of carbonyl (C=O) groups is 2. The van der Waals surface area contributed by atoms with Crippen LogP contribution >= 0.6 is 0 Å². The van der Waals surface area contributed by atoms with Crippen LogP contribution in [0.2, 0.25) is 0 Å². The Balaban J connectivity index is 2.75. The molecule has 5 heteroatoms. The lowest BCUT2D eigenvalue weighted by molar-refractivity contribution is -0.150. The van der Waals surface area contributed by atoms with Crippen LogP contribution in [0.5, 0.6) is 0 Å². The van der Waals surface area contributed by atoms with Crippen molar-refractivity contribution in [3.8, 4) is 0 Å². The molecule has 0 aromatic heterocycles. The van der Waals surface area contributed by atoms with Crippen molar-refractivity contribution in [2.45, 2.75) is 46.1 Å². The third-order valence-electron chi connectivity index (χ3n) is 4.01. The van der Waals surface area contributed by atoms with Gasteiger partial charge in [-0.2, -0.15) is 0 Å². The minimum Gasteiger partial charge on any atom is -0.481 e. The van der Waals surface area contributed by atoms with Gasteiger partial charge >= 0.3 is 12.0 Å². The summed E-state index contributed by atoms with van der Waals surface area (Å²) < 4.78 is 0. The van der Waals surface area contributed by atoms with E-state index in [0.29, 0.717) is 32.5 Å². The molecule has 0 saturated carbocycles. The van der Waals surface area contributed by atoms with Crippen LogP contribution in [-0.2, 0) is 4.79 Å². The summed E-state index contributed by atoms with van der Waals surface area (Å²) in [6.07, 6.45) is 2.72. The number of rotatable bonds is 3. The molecule has 0 bridgehead atoms. The van der Waals surface area contributed by atoms with E-state index in [2.05, 4.69) is 6.58 Å². The summed E-state index contributed by atoms with van der Waals surface area (Å²) in [7, 11) is 0. The maximum Gasteiger partial charge on any atom is 0.320 e. The lowest BCUT2D eigenvalue weighted by atomic mass is 9.80. The maximum absolute atomic E-state index is 12.6. The van der Waals surface area contributed by atoms with Gasteiger partial charge in [0.25, 0.3) is 0 Å².